The summed E-state index contributed by atoms with van der Waals surface area (Å²) in [5.74, 6) is -0.101. The van der Waals surface area contributed by atoms with Gasteiger partial charge >= 0.3 is 0 Å². The quantitative estimate of drug-likeness (QED) is 0.576. The Hall–Kier alpha value is -1.32. The van der Waals surface area contributed by atoms with Crippen LogP contribution in [0, 0.1) is 0 Å². The molecule has 4 heteroatoms. The van der Waals surface area contributed by atoms with Crippen LogP contribution in [0.2, 0.25) is 0 Å². The molecule has 1 saturated heterocycles. The second kappa shape index (κ2) is 4.07. The molecular formula is C9H14N2O2. The summed E-state index contributed by atoms with van der Waals surface area (Å²) in [6, 6.07) is -0.0343. The van der Waals surface area contributed by atoms with Crippen LogP contribution in [0.5, 0.6) is 0 Å². The SMILES string of the molecule is C=CC(=O)N1CCNC(=O)CC1C. The van der Waals surface area contributed by atoms with Crippen LogP contribution in [0.3, 0.4) is 0 Å². The number of amides is 2. The molecule has 13 heavy (non-hydrogen) atoms. The first kappa shape index (κ1) is 9.77. The lowest BCUT2D eigenvalue weighted by molar-refractivity contribution is -0.128. The van der Waals surface area contributed by atoms with Crippen LogP contribution < -0.4 is 5.32 Å². The maximum Gasteiger partial charge on any atom is 0.246 e. The lowest BCUT2D eigenvalue weighted by Gasteiger charge is -2.24. The molecule has 1 fully saturated rings. The predicted molar refractivity (Wildman–Crippen MR) is 49.0 cm³/mol. The van der Waals surface area contributed by atoms with Gasteiger partial charge in [0, 0.05) is 25.6 Å². The molecule has 0 bridgehead atoms. The van der Waals surface area contributed by atoms with Crippen molar-refractivity contribution in [3.8, 4) is 0 Å². The summed E-state index contributed by atoms with van der Waals surface area (Å²) in [4.78, 5) is 24.0. The van der Waals surface area contributed by atoms with Crippen LogP contribution in [-0.2, 0) is 9.59 Å². The number of rotatable bonds is 1. The highest BCUT2D eigenvalue weighted by molar-refractivity contribution is 5.88. The van der Waals surface area contributed by atoms with Gasteiger partial charge < -0.3 is 10.2 Å². The van der Waals surface area contributed by atoms with Crippen LogP contribution >= 0.6 is 0 Å². The average Bonchev–Trinajstić information content (AvgIpc) is 2.25. The van der Waals surface area contributed by atoms with Crippen molar-refractivity contribution in [2.75, 3.05) is 13.1 Å². The van der Waals surface area contributed by atoms with Crippen molar-refractivity contribution in [3.63, 3.8) is 0 Å². The van der Waals surface area contributed by atoms with Gasteiger partial charge in [0.2, 0.25) is 11.8 Å². The van der Waals surface area contributed by atoms with E-state index >= 15 is 0 Å². The molecule has 0 aliphatic carbocycles. The Morgan fingerprint density at radius 2 is 2.46 bits per heavy atom. The molecule has 0 aromatic heterocycles. The Kier molecular flexibility index (Phi) is 3.06. The summed E-state index contributed by atoms with van der Waals surface area (Å²) in [5.41, 5.74) is 0. The van der Waals surface area contributed by atoms with Crippen molar-refractivity contribution >= 4 is 11.8 Å². The van der Waals surface area contributed by atoms with Crippen LogP contribution in [0.4, 0.5) is 0 Å². The van der Waals surface area contributed by atoms with Gasteiger partial charge in [-0.15, -0.1) is 0 Å². The fourth-order valence-electron chi connectivity index (χ4n) is 1.43. The highest BCUT2D eigenvalue weighted by atomic mass is 16.2. The molecular weight excluding hydrogens is 168 g/mol. The maximum absolute atomic E-state index is 11.3. The van der Waals surface area contributed by atoms with Crippen LogP contribution in [0.25, 0.3) is 0 Å². The van der Waals surface area contributed by atoms with E-state index < -0.39 is 0 Å². The van der Waals surface area contributed by atoms with Gasteiger partial charge in [-0.2, -0.15) is 0 Å². The standard InChI is InChI=1S/C9H14N2O2/c1-3-9(13)11-5-4-10-8(12)6-7(11)2/h3,7H,1,4-6H2,2H3,(H,10,12). The molecule has 0 aromatic rings. The van der Waals surface area contributed by atoms with E-state index in [-0.39, 0.29) is 17.9 Å². The number of nitrogens with one attached hydrogen (secondary N) is 1. The third-order valence-corrected chi connectivity index (χ3v) is 2.15. The van der Waals surface area contributed by atoms with E-state index in [1.165, 1.54) is 6.08 Å². The largest absolute Gasteiger partial charge is 0.354 e. The normalized spacial score (nSPS) is 23.3. The third kappa shape index (κ3) is 2.31. The summed E-state index contributed by atoms with van der Waals surface area (Å²) in [5, 5.41) is 2.72. The van der Waals surface area contributed by atoms with Crippen molar-refractivity contribution in [1.29, 1.82) is 0 Å². The number of carbonyl (C=O) groups is 2. The molecule has 72 valence electrons. The molecule has 1 aliphatic rings. The Morgan fingerprint density at radius 1 is 1.77 bits per heavy atom. The zero-order chi connectivity index (χ0) is 9.84. The number of hydrogen-bond acceptors (Lipinski definition) is 2. The summed E-state index contributed by atoms with van der Waals surface area (Å²) >= 11 is 0. The van der Waals surface area contributed by atoms with E-state index in [0.29, 0.717) is 19.5 Å². The summed E-state index contributed by atoms with van der Waals surface area (Å²) in [6.45, 7) is 6.39. The van der Waals surface area contributed by atoms with Crippen molar-refractivity contribution in [3.05, 3.63) is 12.7 Å². The van der Waals surface area contributed by atoms with Gasteiger partial charge in [0.25, 0.3) is 0 Å². The molecule has 1 unspecified atom stereocenters. The van der Waals surface area contributed by atoms with E-state index in [4.69, 9.17) is 0 Å². The number of hydrogen-bond donors (Lipinski definition) is 1. The number of carbonyl (C=O) groups excluding carboxylic acids is 2. The molecule has 1 aliphatic heterocycles. The fraction of sp³-hybridized carbons (Fsp3) is 0.556. The average molecular weight is 182 g/mol. The minimum absolute atomic E-state index is 0.00635. The van der Waals surface area contributed by atoms with Gasteiger partial charge in [0.15, 0.2) is 0 Å². The zero-order valence-electron chi connectivity index (χ0n) is 7.75. The smallest absolute Gasteiger partial charge is 0.246 e. The Labute approximate surface area is 77.6 Å². The molecule has 1 rings (SSSR count). The van der Waals surface area contributed by atoms with Crippen molar-refractivity contribution in [1.82, 2.24) is 10.2 Å². The molecule has 0 saturated carbocycles. The van der Waals surface area contributed by atoms with Gasteiger partial charge in [-0.25, -0.2) is 0 Å². The Balaban J connectivity index is 2.68. The summed E-state index contributed by atoms with van der Waals surface area (Å²) in [7, 11) is 0. The van der Waals surface area contributed by atoms with Crippen LogP contribution in [0.1, 0.15) is 13.3 Å². The first-order valence-corrected chi connectivity index (χ1v) is 4.35. The predicted octanol–water partition coefficient (Wildman–Crippen LogP) is -0.0906. The minimum Gasteiger partial charge on any atom is -0.354 e. The van der Waals surface area contributed by atoms with E-state index in [2.05, 4.69) is 11.9 Å². The van der Waals surface area contributed by atoms with Gasteiger partial charge in [0.05, 0.1) is 0 Å². The fourth-order valence-corrected chi connectivity index (χ4v) is 1.43. The maximum atomic E-state index is 11.3. The molecule has 4 nitrogen and oxygen atoms in total. The minimum atomic E-state index is -0.107. The van der Waals surface area contributed by atoms with Gasteiger partial charge in [0.1, 0.15) is 0 Å². The molecule has 1 heterocycles. The van der Waals surface area contributed by atoms with Crippen molar-refractivity contribution < 1.29 is 9.59 Å². The highest BCUT2D eigenvalue weighted by Crippen LogP contribution is 2.07. The van der Waals surface area contributed by atoms with Crippen LogP contribution in [0.15, 0.2) is 12.7 Å². The Bertz CT molecular complexity index is 238. The first-order valence-electron chi connectivity index (χ1n) is 4.35. The molecule has 0 spiro atoms. The van der Waals surface area contributed by atoms with Gasteiger partial charge in [-0.05, 0) is 13.0 Å². The molecule has 0 radical (unpaired) electrons. The number of nitrogens with zero attached hydrogens (tertiary/aromatic N) is 1. The monoisotopic (exact) mass is 182 g/mol. The molecule has 1 atom stereocenters. The van der Waals surface area contributed by atoms with Crippen molar-refractivity contribution in [2.24, 2.45) is 0 Å². The van der Waals surface area contributed by atoms with E-state index in [9.17, 15) is 9.59 Å². The lowest BCUT2D eigenvalue weighted by Crippen LogP contribution is -2.38. The molecule has 1 N–H and O–H groups in total. The van der Waals surface area contributed by atoms with Gasteiger partial charge in [-0.3, -0.25) is 9.59 Å². The summed E-state index contributed by atoms with van der Waals surface area (Å²) in [6.07, 6.45) is 1.66. The van der Waals surface area contributed by atoms with E-state index in [0.717, 1.165) is 0 Å². The van der Waals surface area contributed by atoms with Crippen LogP contribution in [-0.4, -0.2) is 35.8 Å². The van der Waals surface area contributed by atoms with Gasteiger partial charge in [-0.1, -0.05) is 6.58 Å². The highest BCUT2D eigenvalue weighted by Gasteiger charge is 2.22. The van der Waals surface area contributed by atoms with Crippen molar-refractivity contribution in [2.45, 2.75) is 19.4 Å². The Morgan fingerprint density at radius 3 is 3.08 bits per heavy atom. The second-order valence-electron chi connectivity index (χ2n) is 3.14. The zero-order valence-corrected chi connectivity index (χ0v) is 7.75. The lowest BCUT2D eigenvalue weighted by atomic mass is 10.2. The first-order chi connectivity index (χ1) is 6.15. The molecule has 0 aromatic carbocycles. The second-order valence-corrected chi connectivity index (χ2v) is 3.14. The summed E-state index contributed by atoms with van der Waals surface area (Å²) < 4.78 is 0. The van der Waals surface area contributed by atoms with E-state index in [1.807, 2.05) is 6.92 Å². The topological polar surface area (TPSA) is 49.4 Å². The third-order valence-electron chi connectivity index (χ3n) is 2.15. The molecule has 2 amide bonds. The van der Waals surface area contributed by atoms with E-state index in [1.54, 1.807) is 4.90 Å².